The van der Waals surface area contributed by atoms with Crippen LogP contribution >= 0.6 is 23.2 Å². The fraction of sp³-hybridized carbons (Fsp3) is 0.440. The van der Waals surface area contributed by atoms with E-state index in [0.29, 0.717) is 29.5 Å². The highest BCUT2D eigenvalue weighted by molar-refractivity contribution is 6.31. The molecule has 0 spiro atoms. The van der Waals surface area contributed by atoms with Gasteiger partial charge in [-0.25, -0.2) is 0 Å². The van der Waals surface area contributed by atoms with E-state index in [1.54, 1.807) is 11.0 Å². The molecule has 2 aromatic carbocycles. The Balaban J connectivity index is 1.90. The minimum Gasteiger partial charge on any atom is -0.351 e. The van der Waals surface area contributed by atoms with Gasteiger partial charge in [0.1, 0.15) is 11.9 Å². The molecule has 1 saturated carbocycles. The summed E-state index contributed by atoms with van der Waals surface area (Å²) in [4.78, 5) is 28.0. The Kier molecular flexibility index (Phi) is 8.79. The predicted molar refractivity (Wildman–Crippen MR) is 126 cm³/mol. The quantitative estimate of drug-likeness (QED) is 0.537. The van der Waals surface area contributed by atoms with Crippen molar-refractivity contribution in [2.75, 3.05) is 12.4 Å². The van der Waals surface area contributed by atoms with Crippen LogP contribution in [0.5, 0.6) is 0 Å². The van der Waals surface area contributed by atoms with Gasteiger partial charge < -0.3 is 10.2 Å². The van der Waals surface area contributed by atoms with Gasteiger partial charge in [0.05, 0.1) is 0 Å². The molecule has 0 aliphatic heterocycles. The number of nitrogens with one attached hydrogen (secondary N) is 1. The Morgan fingerprint density at radius 2 is 1.74 bits per heavy atom. The summed E-state index contributed by atoms with van der Waals surface area (Å²) < 4.78 is 0. The summed E-state index contributed by atoms with van der Waals surface area (Å²) in [6, 6.07) is 16.4. The van der Waals surface area contributed by atoms with E-state index in [1.165, 1.54) is 6.42 Å². The molecule has 0 heterocycles. The lowest BCUT2D eigenvalue weighted by Gasteiger charge is -2.35. The second-order valence-corrected chi connectivity index (χ2v) is 8.93. The number of carbonyl (C=O) groups is 2. The first-order valence-electron chi connectivity index (χ1n) is 11.0. The van der Waals surface area contributed by atoms with Crippen molar-refractivity contribution in [3.8, 4) is 0 Å². The lowest BCUT2D eigenvalue weighted by molar-refractivity contribution is -0.139. The first-order valence-corrected chi connectivity index (χ1v) is 11.9. The molecule has 3 rings (SSSR count). The lowest BCUT2D eigenvalue weighted by Crippen LogP contribution is -2.49. The maximum atomic E-state index is 13.6. The second kappa shape index (κ2) is 11.5. The third kappa shape index (κ3) is 6.24. The van der Waals surface area contributed by atoms with Crippen molar-refractivity contribution in [1.82, 2.24) is 10.2 Å². The average molecular weight is 461 g/mol. The number of nitrogens with zero attached hydrogens (tertiary/aromatic N) is 1. The van der Waals surface area contributed by atoms with Gasteiger partial charge in [0, 0.05) is 23.2 Å². The van der Waals surface area contributed by atoms with E-state index in [9.17, 15) is 9.59 Å². The SMILES string of the molecule is C[C@@H]1CCCC[C@@H]1NC(=O)[C@H](c1ccccc1Cl)N(CCc1ccccc1)C(=O)CCl. The number of benzene rings is 2. The van der Waals surface area contributed by atoms with E-state index < -0.39 is 6.04 Å². The Morgan fingerprint density at radius 3 is 2.42 bits per heavy atom. The van der Waals surface area contributed by atoms with Crippen LogP contribution < -0.4 is 5.32 Å². The van der Waals surface area contributed by atoms with E-state index in [0.717, 1.165) is 24.8 Å². The number of hydrogen-bond donors (Lipinski definition) is 1. The largest absolute Gasteiger partial charge is 0.351 e. The van der Waals surface area contributed by atoms with Crippen LogP contribution in [0.3, 0.4) is 0 Å². The molecule has 0 aromatic heterocycles. The standard InChI is InChI=1S/C25H30Cl2N2O2/c1-18-9-5-8-14-22(18)28-25(31)24(20-12-6-7-13-21(20)27)29(23(30)17-26)16-15-19-10-3-2-4-11-19/h2-4,6-7,10-13,18,22,24H,5,8-9,14-17H2,1H3,(H,28,31)/t18-,22+,24+/m1/s1. The normalized spacial score (nSPS) is 19.5. The summed E-state index contributed by atoms with van der Waals surface area (Å²) >= 11 is 12.5. The molecule has 2 aromatic rings. The molecule has 1 fully saturated rings. The molecule has 0 unspecified atom stereocenters. The first kappa shape index (κ1) is 23.6. The fourth-order valence-corrected chi connectivity index (χ4v) is 4.70. The molecule has 1 N–H and O–H groups in total. The topological polar surface area (TPSA) is 49.4 Å². The molecule has 6 heteroatoms. The average Bonchev–Trinajstić information content (AvgIpc) is 2.79. The van der Waals surface area contributed by atoms with Crippen LogP contribution in [0.25, 0.3) is 0 Å². The number of amides is 2. The van der Waals surface area contributed by atoms with E-state index in [2.05, 4.69) is 12.2 Å². The van der Waals surface area contributed by atoms with Gasteiger partial charge in [0.25, 0.3) is 0 Å². The van der Waals surface area contributed by atoms with E-state index in [1.807, 2.05) is 48.5 Å². The number of hydrogen-bond acceptors (Lipinski definition) is 2. The molecule has 0 bridgehead atoms. The first-order chi connectivity index (χ1) is 15.0. The minimum absolute atomic E-state index is 0.105. The molecule has 3 atom stereocenters. The fourth-order valence-electron chi connectivity index (χ4n) is 4.31. The van der Waals surface area contributed by atoms with Crippen LogP contribution in [0.1, 0.15) is 49.8 Å². The summed E-state index contributed by atoms with van der Waals surface area (Å²) in [5, 5.41) is 3.68. The van der Waals surface area contributed by atoms with Crippen molar-refractivity contribution in [2.24, 2.45) is 5.92 Å². The van der Waals surface area contributed by atoms with Gasteiger partial charge >= 0.3 is 0 Å². The Morgan fingerprint density at radius 1 is 1.06 bits per heavy atom. The molecule has 0 radical (unpaired) electrons. The van der Waals surface area contributed by atoms with Gasteiger partial charge in [-0.3, -0.25) is 9.59 Å². The third-order valence-corrected chi connectivity index (χ3v) is 6.69. The summed E-state index contributed by atoms with van der Waals surface area (Å²) in [6.07, 6.45) is 4.97. The molecule has 166 valence electrons. The zero-order chi connectivity index (χ0) is 22.2. The monoisotopic (exact) mass is 460 g/mol. The second-order valence-electron chi connectivity index (χ2n) is 8.26. The molecule has 2 amide bonds. The maximum absolute atomic E-state index is 13.6. The summed E-state index contributed by atoms with van der Waals surface area (Å²) in [7, 11) is 0. The Labute approximate surface area is 194 Å². The van der Waals surface area contributed by atoms with Crippen molar-refractivity contribution in [3.63, 3.8) is 0 Å². The van der Waals surface area contributed by atoms with Crippen molar-refractivity contribution < 1.29 is 9.59 Å². The van der Waals surface area contributed by atoms with Crippen LogP contribution in [0, 0.1) is 5.92 Å². The van der Waals surface area contributed by atoms with Gasteiger partial charge in [-0.15, -0.1) is 11.6 Å². The number of alkyl halides is 1. The molecule has 1 aliphatic rings. The number of halogens is 2. The summed E-state index contributed by atoms with van der Waals surface area (Å²) in [6.45, 7) is 2.55. The molecule has 0 saturated heterocycles. The Hall–Kier alpha value is -2.04. The van der Waals surface area contributed by atoms with Gasteiger partial charge in [0.15, 0.2) is 0 Å². The molecular formula is C25H30Cl2N2O2. The van der Waals surface area contributed by atoms with Crippen molar-refractivity contribution >= 4 is 35.0 Å². The van der Waals surface area contributed by atoms with E-state index >= 15 is 0 Å². The van der Waals surface area contributed by atoms with E-state index in [-0.39, 0.29) is 23.7 Å². The molecule has 1 aliphatic carbocycles. The van der Waals surface area contributed by atoms with Crippen molar-refractivity contribution in [1.29, 1.82) is 0 Å². The third-order valence-electron chi connectivity index (χ3n) is 6.12. The summed E-state index contributed by atoms with van der Waals surface area (Å²) in [5.41, 5.74) is 1.71. The maximum Gasteiger partial charge on any atom is 0.247 e. The summed E-state index contributed by atoms with van der Waals surface area (Å²) in [5.74, 6) is -0.262. The van der Waals surface area contributed by atoms with Gasteiger partial charge in [0.2, 0.25) is 11.8 Å². The molecule has 4 nitrogen and oxygen atoms in total. The van der Waals surface area contributed by atoms with Crippen molar-refractivity contribution in [2.45, 2.75) is 51.1 Å². The van der Waals surface area contributed by atoms with Gasteiger partial charge in [-0.1, -0.05) is 79.9 Å². The predicted octanol–water partition coefficient (Wildman–Crippen LogP) is 5.39. The van der Waals surface area contributed by atoms with Crippen LogP contribution in [0.15, 0.2) is 54.6 Å². The lowest BCUT2D eigenvalue weighted by atomic mass is 9.85. The van der Waals surface area contributed by atoms with Crippen LogP contribution in [-0.4, -0.2) is 35.2 Å². The molecule has 31 heavy (non-hydrogen) atoms. The van der Waals surface area contributed by atoms with Crippen LogP contribution in [0.2, 0.25) is 5.02 Å². The Bertz CT molecular complexity index is 875. The zero-order valence-corrected chi connectivity index (χ0v) is 19.4. The van der Waals surface area contributed by atoms with Crippen molar-refractivity contribution in [3.05, 3.63) is 70.7 Å². The van der Waals surface area contributed by atoms with Gasteiger partial charge in [-0.2, -0.15) is 0 Å². The molecular weight excluding hydrogens is 431 g/mol. The van der Waals surface area contributed by atoms with E-state index in [4.69, 9.17) is 23.2 Å². The van der Waals surface area contributed by atoms with Crippen LogP contribution in [-0.2, 0) is 16.0 Å². The smallest absolute Gasteiger partial charge is 0.247 e. The highest BCUT2D eigenvalue weighted by Crippen LogP contribution is 2.30. The van der Waals surface area contributed by atoms with Crippen LogP contribution in [0.4, 0.5) is 0 Å². The number of rotatable bonds is 8. The number of carbonyl (C=O) groups excluding carboxylic acids is 2. The minimum atomic E-state index is -0.821. The highest BCUT2D eigenvalue weighted by Gasteiger charge is 2.34. The zero-order valence-electron chi connectivity index (χ0n) is 17.9. The highest BCUT2D eigenvalue weighted by atomic mass is 35.5. The van der Waals surface area contributed by atoms with Gasteiger partial charge in [-0.05, 0) is 36.8 Å².